The van der Waals surface area contributed by atoms with Crippen molar-refractivity contribution in [2.75, 3.05) is 38.3 Å². The molecule has 0 saturated carbocycles. The molecule has 9 heteroatoms. The first-order valence-corrected chi connectivity index (χ1v) is 9.78. The number of morpholine rings is 1. The van der Waals surface area contributed by atoms with Crippen molar-refractivity contribution in [2.45, 2.75) is 18.4 Å². The van der Waals surface area contributed by atoms with Crippen molar-refractivity contribution in [1.82, 2.24) is 14.7 Å². The van der Waals surface area contributed by atoms with E-state index in [9.17, 15) is 8.42 Å². The van der Waals surface area contributed by atoms with E-state index in [0.29, 0.717) is 24.8 Å². The van der Waals surface area contributed by atoms with E-state index >= 15 is 0 Å². The predicted octanol–water partition coefficient (Wildman–Crippen LogP) is 1.11. The molecule has 0 unspecified atom stereocenters. The number of nitrogens with zero attached hydrogens (tertiary/aromatic N) is 3. The fourth-order valence-electron chi connectivity index (χ4n) is 2.72. The molecule has 0 amide bonds. The second-order valence-corrected chi connectivity index (χ2v) is 7.59. The number of benzene rings is 1. The number of anilines is 1. The quantitative estimate of drug-likeness (QED) is 0.805. The van der Waals surface area contributed by atoms with Crippen molar-refractivity contribution in [2.24, 2.45) is 0 Å². The van der Waals surface area contributed by atoms with Crippen LogP contribution < -0.4 is 14.4 Å². The molecular formula is C17H22N4O4S. The first kappa shape index (κ1) is 18.6. The summed E-state index contributed by atoms with van der Waals surface area (Å²) in [6.07, 6.45) is 0. The van der Waals surface area contributed by atoms with Crippen LogP contribution in [0.15, 0.2) is 35.2 Å². The van der Waals surface area contributed by atoms with Crippen LogP contribution in [0.2, 0.25) is 0 Å². The van der Waals surface area contributed by atoms with Crippen LogP contribution in [0.1, 0.15) is 11.5 Å². The van der Waals surface area contributed by atoms with Crippen molar-refractivity contribution < 1.29 is 17.9 Å². The molecule has 1 aromatic carbocycles. The molecule has 0 radical (unpaired) electrons. The van der Waals surface area contributed by atoms with Gasteiger partial charge in [-0.25, -0.2) is 23.1 Å². The Morgan fingerprint density at radius 2 is 1.96 bits per heavy atom. The molecule has 8 nitrogen and oxygen atoms in total. The van der Waals surface area contributed by atoms with Crippen LogP contribution in [0.25, 0.3) is 0 Å². The van der Waals surface area contributed by atoms with Gasteiger partial charge in [-0.2, -0.15) is 0 Å². The lowest BCUT2D eigenvalue weighted by Gasteiger charge is -2.28. The van der Waals surface area contributed by atoms with Gasteiger partial charge in [-0.05, 0) is 19.1 Å². The SMILES string of the molecule is COc1ccccc1S(=O)(=O)NCc1nc(C)cc(N2CCOCC2)n1. The average Bonchev–Trinajstić information content (AvgIpc) is 2.67. The molecule has 26 heavy (non-hydrogen) atoms. The van der Waals surface area contributed by atoms with Crippen LogP contribution in [0, 0.1) is 6.92 Å². The second kappa shape index (κ2) is 7.98. The number of hydrogen-bond acceptors (Lipinski definition) is 7. The van der Waals surface area contributed by atoms with Crippen molar-refractivity contribution in [3.8, 4) is 5.75 Å². The summed E-state index contributed by atoms with van der Waals surface area (Å²) in [5.41, 5.74) is 0.785. The summed E-state index contributed by atoms with van der Waals surface area (Å²) >= 11 is 0. The molecule has 0 atom stereocenters. The van der Waals surface area contributed by atoms with Gasteiger partial charge in [-0.1, -0.05) is 12.1 Å². The Morgan fingerprint density at radius 1 is 1.23 bits per heavy atom. The van der Waals surface area contributed by atoms with Gasteiger partial charge in [0.25, 0.3) is 0 Å². The van der Waals surface area contributed by atoms with Crippen molar-refractivity contribution in [3.05, 3.63) is 41.9 Å². The smallest absolute Gasteiger partial charge is 0.244 e. The van der Waals surface area contributed by atoms with E-state index in [2.05, 4.69) is 19.6 Å². The Morgan fingerprint density at radius 3 is 2.69 bits per heavy atom. The third kappa shape index (κ3) is 4.29. The Kier molecular flexibility index (Phi) is 5.70. The normalized spacial score (nSPS) is 15.1. The largest absolute Gasteiger partial charge is 0.495 e. The summed E-state index contributed by atoms with van der Waals surface area (Å²) in [7, 11) is -2.30. The van der Waals surface area contributed by atoms with Crippen molar-refractivity contribution in [3.63, 3.8) is 0 Å². The lowest BCUT2D eigenvalue weighted by molar-refractivity contribution is 0.122. The van der Waals surface area contributed by atoms with E-state index in [1.54, 1.807) is 18.2 Å². The Hall–Kier alpha value is -2.23. The monoisotopic (exact) mass is 378 g/mol. The number of hydrogen-bond donors (Lipinski definition) is 1. The van der Waals surface area contributed by atoms with Crippen LogP contribution in [0.5, 0.6) is 5.75 Å². The van der Waals surface area contributed by atoms with Crippen LogP contribution in [-0.2, 0) is 21.3 Å². The third-order valence-corrected chi connectivity index (χ3v) is 5.44. The summed E-state index contributed by atoms with van der Waals surface area (Å²) in [6.45, 7) is 4.67. The predicted molar refractivity (Wildman–Crippen MR) is 96.8 cm³/mol. The van der Waals surface area contributed by atoms with Gasteiger partial charge in [0.15, 0.2) is 0 Å². The first-order chi connectivity index (χ1) is 12.5. The molecule has 1 aromatic heterocycles. The van der Waals surface area contributed by atoms with Crippen molar-refractivity contribution in [1.29, 1.82) is 0 Å². The molecule has 0 bridgehead atoms. The summed E-state index contributed by atoms with van der Waals surface area (Å²) in [6, 6.07) is 8.36. The molecule has 1 N–H and O–H groups in total. The van der Waals surface area contributed by atoms with Crippen molar-refractivity contribution >= 4 is 15.8 Å². The lowest BCUT2D eigenvalue weighted by atomic mass is 10.3. The molecule has 3 rings (SSSR count). The summed E-state index contributed by atoms with van der Waals surface area (Å²) in [4.78, 5) is 11.0. The van der Waals surface area contributed by atoms with Crippen LogP contribution in [0.4, 0.5) is 5.82 Å². The number of aromatic nitrogens is 2. The van der Waals surface area contributed by atoms with Crippen LogP contribution in [-0.4, -0.2) is 51.8 Å². The van der Waals surface area contributed by atoms with E-state index in [1.807, 2.05) is 13.0 Å². The van der Waals surface area contributed by atoms with Gasteiger partial charge in [-0.3, -0.25) is 0 Å². The Balaban J connectivity index is 1.77. The zero-order chi connectivity index (χ0) is 18.6. The van der Waals surface area contributed by atoms with Gasteiger partial charge in [0, 0.05) is 24.8 Å². The fourth-order valence-corrected chi connectivity index (χ4v) is 3.87. The third-order valence-electron chi connectivity index (χ3n) is 4.00. The zero-order valence-electron chi connectivity index (χ0n) is 14.8. The lowest BCUT2D eigenvalue weighted by Crippen LogP contribution is -2.37. The molecule has 0 spiro atoms. The van der Waals surface area contributed by atoms with Gasteiger partial charge in [0.2, 0.25) is 10.0 Å². The molecular weight excluding hydrogens is 356 g/mol. The maximum Gasteiger partial charge on any atom is 0.244 e. The summed E-state index contributed by atoms with van der Waals surface area (Å²) in [5, 5.41) is 0. The van der Waals surface area contributed by atoms with E-state index < -0.39 is 10.0 Å². The minimum absolute atomic E-state index is 0.000593. The standard InChI is InChI=1S/C17H22N4O4S/c1-13-11-17(21-7-9-25-10-8-21)20-16(19-13)12-18-26(22,23)15-6-4-3-5-14(15)24-2/h3-6,11,18H,7-10,12H2,1-2H3. The highest BCUT2D eigenvalue weighted by Crippen LogP contribution is 2.22. The average molecular weight is 378 g/mol. The molecule has 1 saturated heterocycles. The van der Waals surface area contributed by atoms with E-state index in [4.69, 9.17) is 9.47 Å². The molecule has 2 aromatic rings. The van der Waals surface area contributed by atoms with Gasteiger partial charge < -0.3 is 14.4 Å². The highest BCUT2D eigenvalue weighted by Gasteiger charge is 2.20. The highest BCUT2D eigenvalue weighted by molar-refractivity contribution is 7.89. The van der Waals surface area contributed by atoms with Gasteiger partial charge in [0.05, 0.1) is 26.9 Å². The van der Waals surface area contributed by atoms with E-state index in [1.165, 1.54) is 13.2 Å². The van der Waals surface area contributed by atoms with Gasteiger partial charge in [-0.15, -0.1) is 0 Å². The number of rotatable bonds is 6. The molecule has 1 aliphatic rings. The molecule has 0 aliphatic carbocycles. The molecule has 140 valence electrons. The molecule has 2 heterocycles. The maximum absolute atomic E-state index is 12.6. The minimum atomic E-state index is -3.74. The van der Waals surface area contributed by atoms with Gasteiger partial charge >= 0.3 is 0 Å². The Labute approximate surface area is 153 Å². The number of sulfonamides is 1. The van der Waals surface area contributed by atoms with E-state index in [0.717, 1.165) is 24.6 Å². The number of para-hydroxylation sites is 1. The highest BCUT2D eigenvalue weighted by atomic mass is 32.2. The molecule has 1 aliphatic heterocycles. The summed E-state index contributed by atoms with van der Waals surface area (Å²) < 4.78 is 38.2. The van der Waals surface area contributed by atoms with Crippen LogP contribution in [0.3, 0.4) is 0 Å². The Bertz CT molecular complexity index is 867. The minimum Gasteiger partial charge on any atom is -0.495 e. The van der Waals surface area contributed by atoms with Crippen LogP contribution >= 0.6 is 0 Å². The summed E-state index contributed by atoms with van der Waals surface area (Å²) in [5.74, 6) is 1.50. The van der Waals surface area contributed by atoms with Gasteiger partial charge in [0.1, 0.15) is 22.3 Å². The molecule has 1 fully saturated rings. The number of ether oxygens (including phenoxy) is 2. The first-order valence-electron chi connectivity index (χ1n) is 8.29. The second-order valence-electron chi connectivity index (χ2n) is 5.86. The number of methoxy groups -OCH3 is 1. The number of nitrogens with one attached hydrogen (secondary N) is 1. The topological polar surface area (TPSA) is 93.7 Å². The zero-order valence-corrected chi connectivity index (χ0v) is 15.6. The van der Waals surface area contributed by atoms with E-state index in [-0.39, 0.29) is 11.4 Å². The maximum atomic E-state index is 12.6. The number of aryl methyl sites for hydroxylation is 1. The fraction of sp³-hybridized carbons (Fsp3) is 0.412.